The van der Waals surface area contributed by atoms with Crippen LogP contribution in [-0.4, -0.2) is 49.3 Å². The first kappa shape index (κ1) is 15.9. The van der Waals surface area contributed by atoms with Crippen LogP contribution < -0.4 is 5.32 Å². The number of nitrogens with zero attached hydrogens (tertiary/aromatic N) is 1. The van der Waals surface area contributed by atoms with Crippen LogP contribution in [0.2, 0.25) is 0 Å². The van der Waals surface area contributed by atoms with Crippen LogP contribution in [0.15, 0.2) is 0 Å². The highest BCUT2D eigenvalue weighted by Crippen LogP contribution is 2.26. The SMILES string of the molecule is CCNCC(C)(CC)CN1CCCC(CCO)C1. The van der Waals surface area contributed by atoms with E-state index in [-0.39, 0.29) is 0 Å². The lowest BCUT2D eigenvalue weighted by Gasteiger charge is -2.39. The van der Waals surface area contributed by atoms with E-state index in [1.54, 1.807) is 0 Å². The third-order valence-electron chi connectivity index (χ3n) is 4.40. The van der Waals surface area contributed by atoms with Gasteiger partial charge in [0.05, 0.1) is 0 Å². The molecule has 0 bridgehead atoms. The maximum absolute atomic E-state index is 9.07. The van der Waals surface area contributed by atoms with E-state index in [2.05, 4.69) is 31.0 Å². The molecule has 1 saturated heterocycles. The lowest BCUT2D eigenvalue weighted by atomic mass is 9.85. The van der Waals surface area contributed by atoms with Crippen LogP contribution in [-0.2, 0) is 0 Å². The molecule has 1 aliphatic rings. The van der Waals surface area contributed by atoms with Gasteiger partial charge < -0.3 is 15.3 Å². The van der Waals surface area contributed by atoms with Crippen molar-refractivity contribution in [3.8, 4) is 0 Å². The average molecular weight is 256 g/mol. The Balaban J connectivity index is 2.42. The minimum absolute atomic E-state index is 0.348. The van der Waals surface area contributed by atoms with Gasteiger partial charge in [0, 0.05) is 26.2 Å². The molecule has 2 atom stereocenters. The zero-order valence-electron chi connectivity index (χ0n) is 12.5. The Kier molecular flexibility index (Phi) is 7.20. The number of hydrogen-bond acceptors (Lipinski definition) is 3. The fourth-order valence-electron chi connectivity index (χ4n) is 2.97. The van der Waals surface area contributed by atoms with E-state index in [9.17, 15) is 0 Å². The molecule has 1 heterocycles. The molecule has 0 radical (unpaired) electrons. The van der Waals surface area contributed by atoms with Gasteiger partial charge in [-0.3, -0.25) is 0 Å². The highest BCUT2D eigenvalue weighted by molar-refractivity contribution is 4.82. The fourth-order valence-corrected chi connectivity index (χ4v) is 2.97. The van der Waals surface area contributed by atoms with Crippen molar-refractivity contribution in [3.63, 3.8) is 0 Å². The molecular formula is C15H32N2O. The minimum atomic E-state index is 0.348. The summed E-state index contributed by atoms with van der Waals surface area (Å²) in [5.41, 5.74) is 0.386. The molecule has 1 fully saturated rings. The standard InChI is InChI=1S/C15H32N2O/c1-4-15(3,12-16-5-2)13-17-9-6-7-14(11-17)8-10-18/h14,16,18H,4-13H2,1-3H3. The van der Waals surface area contributed by atoms with Gasteiger partial charge in [-0.2, -0.15) is 0 Å². The van der Waals surface area contributed by atoms with Gasteiger partial charge in [0.2, 0.25) is 0 Å². The molecule has 0 aromatic heterocycles. The second kappa shape index (κ2) is 8.13. The molecular weight excluding hydrogens is 224 g/mol. The number of aliphatic hydroxyl groups is 1. The number of rotatable bonds is 8. The highest BCUT2D eigenvalue weighted by atomic mass is 16.3. The molecule has 1 rings (SSSR count). The van der Waals surface area contributed by atoms with E-state index >= 15 is 0 Å². The second-order valence-corrected chi connectivity index (χ2v) is 6.20. The first-order chi connectivity index (χ1) is 8.63. The average Bonchev–Trinajstić information content (AvgIpc) is 2.37. The summed E-state index contributed by atoms with van der Waals surface area (Å²) in [5, 5.41) is 12.6. The summed E-state index contributed by atoms with van der Waals surface area (Å²) < 4.78 is 0. The molecule has 108 valence electrons. The largest absolute Gasteiger partial charge is 0.396 e. The summed E-state index contributed by atoms with van der Waals surface area (Å²) in [4.78, 5) is 2.62. The first-order valence-electron chi connectivity index (χ1n) is 7.67. The summed E-state index contributed by atoms with van der Waals surface area (Å²) in [6, 6.07) is 0. The minimum Gasteiger partial charge on any atom is -0.396 e. The van der Waals surface area contributed by atoms with Crippen LogP contribution in [0.5, 0.6) is 0 Å². The zero-order chi connectivity index (χ0) is 13.4. The number of aliphatic hydroxyl groups excluding tert-OH is 1. The van der Waals surface area contributed by atoms with Crippen LogP contribution >= 0.6 is 0 Å². The molecule has 0 aliphatic carbocycles. The fraction of sp³-hybridized carbons (Fsp3) is 1.00. The zero-order valence-corrected chi connectivity index (χ0v) is 12.5. The molecule has 3 nitrogen and oxygen atoms in total. The molecule has 0 amide bonds. The maximum Gasteiger partial charge on any atom is 0.0434 e. The Labute approximate surface area is 113 Å². The number of likely N-dealkylation sites (tertiary alicyclic amines) is 1. The van der Waals surface area contributed by atoms with Crippen molar-refractivity contribution in [1.82, 2.24) is 10.2 Å². The van der Waals surface area contributed by atoms with Crippen LogP contribution in [0.25, 0.3) is 0 Å². The lowest BCUT2D eigenvalue weighted by Crippen LogP contribution is -2.45. The smallest absolute Gasteiger partial charge is 0.0434 e. The van der Waals surface area contributed by atoms with Crippen molar-refractivity contribution in [1.29, 1.82) is 0 Å². The summed E-state index contributed by atoms with van der Waals surface area (Å²) >= 11 is 0. The molecule has 3 heteroatoms. The third-order valence-corrected chi connectivity index (χ3v) is 4.40. The van der Waals surface area contributed by atoms with Crippen molar-refractivity contribution in [3.05, 3.63) is 0 Å². The highest BCUT2D eigenvalue weighted by Gasteiger charge is 2.28. The van der Waals surface area contributed by atoms with Crippen molar-refractivity contribution in [2.24, 2.45) is 11.3 Å². The van der Waals surface area contributed by atoms with Crippen LogP contribution in [0.3, 0.4) is 0 Å². The van der Waals surface area contributed by atoms with Gasteiger partial charge in [-0.05, 0) is 50.1 Å². The van der Waals surface area contributed by atoms with Crippen molar-refractivity contribution in [2.75, 3.05) is 39.3 Å². The van der Waals surface area contributed by atoms with Crippen LogP contribution in [0.4, 0.5) is 0 Å². The number of hydrogen-bond donors (Lipinski definition) is 2. The van der Waals surface area contributed by atoms with Gasteiger partial charge in [0.1, 0.15) is 0 Å². The van der Waals surface area contributed by atoms with Gasteiger partial charge in [-0.15, -0.1) is 0 Å². The summed E-state index contributed by atoms with van der Waals surface area (Å²) in [7, 11) is 0. The van der Waals surface area contributed by atoms with Gasteiger partial charge in [-0.1, -0.05) is 20.8 Å². The van der Waals surface area contributed by atoms with Gasteiger partial charge >= 0.3 is 0 Å². The molecule has 0 saturated carbocycles. The van der Waals surface area contributed by atoms with E-state index in [1.807, 2.05) is 0 Å². The Bertz CT molecular complexity index is 221. The Morgan fingerprint density at radius 1 is 1.39 bits per heavy atom. The Morgan fingerprint density at radius 3 is 2.78 bits per heavy atom. The van der Waals surface area contributed by atoms with E-state index < -0.39 is 0 Å². The summed E-state index contributed by atoms with van der Waals surface area (Å²) in [6.45, 7) is 13.0. The predicted molar refractivity (Wildman–Crippen MR) is 77.8 cm³/mol. The predicted octanol–water partition coefficient (Wildman–Crippen LogP) is 2.11. The number of piperidine rings is 1. The van der Waals surface area contributed by atoms with Crippen LogP contribution in [0.1, 0.15) is 46.5 Å². The maximum atomic E-state index is 9.07. The Hall–Kier alpha value is -0.120. The second-order valence-electron chi connectivity index (χ2n) is 6.20. The van der Waals surface area contributed by atoms with E-state index in [1.165, 1.54) is 38.9 Å². The normalized spacial score (nSPS) is 25.0. The quantitative estimate of drug-likeness (QED) is 0.698. The molecule has 18 heavy (non-hydrogen) atoms. The molecule has 0 spiro atoms. The molecule has 1 aliphatic heterocycles. The van der Waals surface area contributed by atoms with Crippen molar-refractivity contribution >= 4 is 0 Å². The molecule has 0 aromatic rings. The van der Waals surface area contributed by atoms with Gasteiger partial charge in [-0.25, -0.2) is 0 Å². The molecule has 2 N–H and O–H groups in total. The lowest BCUT2D eigenvalue weighted by molar-refractivity contribution is 0.0970. The first-order valence-corrected chi connectivity index (χ1v) is 7.67. The summed E-state index contributed by atoms with van der Waals surface area (Å²) in [5.74, 6) is 0.712. The van der Waals surface area contributed by atoms with E-state index in [0.29, 0.717) is 17.9 Å². The Morgan fingerprint density at radius 2 is 2.17 bits per heavy atom. The van der Waals surface area contributed by atoms with Gasteiger partial charge in [0.15, 0.2) is 0 Å². The van der Waals surface area contributed by atoms with E-state index in [0.717, 1.165) is 19.5 Å². The van der Waals surface area contributed by atoms with Crippen molar-refractivity contribution < 1.29 is 5.11 Å². The van der Waals surface area contributed by atoms with Crippen molar-refractivity contribution in [2.45, 2.75) is 46.5 Å². The van der Waals surface area contributed by atoms with Gasteiger partial charge in [0.25, 0.3) is 0 Å². The summed E-state index contributed by atoms with van der Waals surface area (Å²) in [6.07, 6.45) is 4.80. The molecule has 0 aromatic carbocycles. The van der Waals surface area contributed by atoms with E-state index in [4.69, 9.17) is 5.11 Å². The number of nitrogens with one attached hydrogen (secondary N) is 1. The monoisotopic (exact) mass is 256 g/mol. The third kappa shape index (κ3) is 5.25. The molecule has 2 unspecified atom stereocenters. The van der Waals surface area contributed by atoms with Crippen LogP contribution in [0, 0.1) is 11.3 Å². The topological polar surface area (TPSA) is 35.5 Å².